The summed E-state index contributed by atoms with van der Waals surface area (Å²) in [5.41, 5.74) is 1.45. The predicted molar refractivity (Wildman–Crippen MR) is 82.0 cm³/mol. The van der Waals surface area contributed by atoms with Crippen molar-refractivity contribution >= 4 is 5.91 Å². The number of carbonyl (C=O) groups is 1. The third-order valence-corrected chi connectivity index (χ3v) is 3.12. The molecule has 1 aromatic carbocycles. The van der Waals surface area contributed by atoms with Gasteiger partial charge in [-0.15, -0.1) is 0 Å². The van der Waals surface area contributed by atoms with Gasteiger partial charge in [-0.2, -0.15) is 0 Å². The first kappa shape index (κ1) is 15.9. The second kappa shape index (κ2) is 8.12. The van der Waals surface area contributed by atoms with Crippen molar-refractivity contribution in [2.24, 2.45) is 0 Å². The first-order valence-electron chi connectivity index (χ1n) is 7.27. The number of amides is 1. The van der Waals surface area contributed by atoms with E-state index in [1.165, 1.54) is 23.9 Å². The number of aromatic nitrogens is 1. The van der Waals surface area contributed by atoms with Gasteiger partial charge in [0.1, 0.15) is 11.6 Å². The first-order chi connectivity index (χ1) is 10.7. The molecule has 0 radical (unpaired) electrons. The fraction of sp³-hybridized carbons (Fsp3) is 0.294. The number of carbonyl (C=O) groups excluding carboxylic acids is 1. The smallest absolute Gasteiger partial charge is 0.258 e. The van der Waals surface area contributed by atoms with Gasteiger partial charge in [0.2, 0.25) is 0 Å². The number of hydrogen-bond acceptors (Lipinski definition) is 3. The standard InChI is InChI=1S/C17H19FN2O2/c1-2-4-13-6-8-14(9-7-13)22-12-17(21)20-11-16-15(18)5-3-10-19-16/h3,5-10H,2,4,11-12H2,1H3,(H,20,21). The third-order valence-electron chi connectivity index (χ3n) is 3.12. The Balaban J connectivity index is 1.76. The predicted octanol–water partition coefficient (Wildman–Crippen LogP) is 2.87. The summed E-state index contributed by atoms with van der Waals surface area (Å²) in [7, 11) is 0. The molecule has 0 unspecified atom stereocenters. The molecule has 1 N–H and O–H groups in total. The van der Waals surface area contributed by atoms with E-state index in [0.717, 1.165) is 12.8 Å². The summed E-state index contributed by atoms with van der Waals surface area (Å²) < 4.78 is 18.7. The van der Waals surface area contributed by atoms with Crippen LogP contribution in [0.3, 0.4) is 0 Å². The summed E-state index contributed by atoms with van der Waals surface area (Å²) in [6.07, 6.45) is 3.60. The molecule has 5 heteroatoms. The molecule has 0 aliphatic carbocycles. The van der Waals surface area contributed by atoms with Crippen LogP contribution in [0.4, 0.5) is 4.39 Å². The lowest BCUT2D eigenvalue weighted by Gasteiger charge is -2.08. The molecule has 4 nitrogen and oxygen atoms in total. The van der Waals surface area contributed by atoms with Crippen molar-refractivity contribution in [1.82, 2.24) is 10.3 Å². The Hall–Kier alpha value is -2.43. The molecule has 1 aromatic heterocycles. The number of pyridine rings is 1. The minimum Gasteiger partial charge on any atom is -0.484 e. The Bertz CT molecular complexity index is 614. The van der Waals surface area contributed by atoms with E-state index in [0.29, 0.717) is 5.75 Å². The molecule has 1 heterocycles. The molecular formula is C17H19FN2O2. The zero-order chi connectivity index (χ0) is 15.8. The van der Waals surface area contributed by atoms with Crippen LogP contribution >= 0.6 is 0 Å². The van der Waals surface area contributed by atoms with Crippen LogP contribution in [-0.2, 0) is 17.8 Å². The zero-order valence-corrected chi connectivity index (χ0v) is 12.5. The van der Waals surface area contributed by atoms with Crippen molar-refractivity contribution in [2.75, 3.05) is 6.61 Å². The number of hydrogen-bond donors (Lipinski definition) is 1. The molecule has 0 saturated heterocycles. The van der Waals surface area contributed by atoms with Crippen LogP contribution in [0.1, 0.15) is 24.6 Å². The summed E-state index contributed by atoms with van der Waals surface area (Å²) in [5.74, 6) is -0.114. The van der Waals surface area contributed by atoms with Gasteiger partial charge in [0.15, 0.2) is 6.61 Å². The SMILES string of the molecule is CCCc1ccc(OCC(=O)NCc2ncccc2F)cc1. The summed E-state index contributed by atoms with van der Waals surface area (Å²) in [5, 5.41) is 2.58. The van der Waals surface area contributed by atoms with Crippen molar-refractivity contribution in [3.8, 4) is 5.75 Å². The van der Waals surface area contributed by atoms with Crippen LogP contribution in [0.15, 0.2) is 42.6 Å². The lowest BCUT2D eigenvalue weighted by molar-refractivity contribution is -0.123. The molecule has 0 fully saturated rings. The normalized spacial score (nSPS) is 10.3. The molecule has 116 valence electrons. The van der Waals surface area contributed by atoms with Crippen molar-refractivity contribution in [3.63, 3.8) is 0 Å². The van der Waals surface area contributed by atoms with Gasteiger partial charge in [-0.3, -0.25) is 9.78 Å². The number of benzene rings is 1. The van der Waals surface area contributed by atoms with Crippen LogP contribution in [0, 0.1) is 5.82 Å². The zero-order valence-electron chi connectivity index (χ0n) is 12.5. The molecule has 0 atom stereocenters. The van der Waals surface area contributed by atoms with Crippen molar-refractivity contribution in [2.45, 2.75) is 26.3 Å². The molecule has 22 heavy (non-hydrogen) atoms. The van der Waals surface area contributed by atoms with Crippen molar-refractivity contribution in [3.05, 3.63) is 59.7 Å². The van der Waals surface area contributed by atoms with Gasteiger partial charge in [-0.1, -0.05) is 25.5 Å². The van der Waals surface area contributed by atoms with Crippen LogP contribution < -0.4 is 10.1 Å². The van der Waals surface area contributed by atoms with E-state index < -0.39 is 5.82 Å². The molecule has 2 rings (SSSR count). The molecule has 1 amide bonds. The average molecular weight is 302 g/mol. The van der Waals surface area contributed by atoms with Crippen LogP contribution in [0.5, 0.6) is 5.75 Å². The number of halogens is 1. The van der Waals surface area contributed by atoms with Gasteiger partial charge in [0.25, 0.3) is 5.91 Å². The highest BCUT2D eigenvalue weighted by Gasteiger charge is 2.06. The van der Waals surface area contributed by atoms with Gasteiger partial charge in [-0.05, 0) is 36.2 Å². The van der Waals surface area contributed by atoms with E-state index in [1.807, 2.05) is 24.3 Å². The minimum atomic E-state index is -0.435. The number of rotatable bonds is 7. The fourth-order valence-corrected chi connectivity index (χ4v) is 1.97. The second-order valence-electron chi connectivity index (χ2n) is 4.89. The third kappa shape index (κ3) is 4.84. The highest BCUT2D eigenvalue weighted by Crippen LogP contribution is 2.13. The van der Waals surface area contributed by atoms with E-state index >= 15 is 0 Å². The van der Waals surface area contributed by atoms with Crippen LogP contribution in [0.25, 0.3) is 0 Å². The van der Waals surface area contributed by atoms with Gasteiger partial charge in [0, 0.05) is 6.20 Å². The number of aryl methyl sites for hydroxylation is 1. The summed E-state index contributed by atoms with van der Waals surface area (Å²) >= 11 is 0. The molecular weight excluding hydrogens is 283 g/mol. The van der Waals surface area contributed by atoms with Crippen LogP contribution in [0.2, 0.25) is 0 Å². The Morgan fingerprint density at radius 3 is 2.73 bits per heavy atom. The fourth-order valence-electron chi connectivity index (χ4n) is 1.97. The number of ether oxygens (including phenoxy) is 1. The highest BCUT2D eigenvalue weighted by atomic mass is 19.1. The minimum absolute atomic E-state index is 0.0459. The van der Waals surface area contributed by atoms with Gasteiger partial charge >= 0.3 is 0 Å². The number of nitrogens with zero attached hydrogens (tertiary/aromatic N) is 1. The molecule has 0 aliphatic heterocycles. The Kier molecular flexibility index (Phi) is 5.89. The summed E-state index contributed by atoms with van der Waals surface area (Å²) in [6, 6.07) is 10.5. The molecule has 0 bridgehead atoms. The van der Waals surface area contributed by atoms with Crippen LogP contribution in [-0.4, -0.2) is 17.5 Å². The molecule has 0 spiro atoms. The van der Waals surface area contributed by atoms with E-state index in [-0.39, 0.29) is 24.8 Å². The Morgan fingerprint density at radius 1 is 1.27 bits per heavy atom. The van der Waals surface area contributed by atoms with E-state index in [2.05, 4.69) is 17.2 Å². The maximum atomic E-state index is 13.3. The summed E-state index contributed by atoms with van der Waals surface area (Å²) in [4.78, 5) is 15.5. The second-order valence-corrected chi connectivity index (χ2v) is 4.89. The van der Waals surface area contributed by atoms with Gasteiger partial charge in [0.05, 0.1) is 12.2 Å². The lowest BCUT2D eigenvalue weighted by atomic mass is 10.1. The Labute approximate surface area is 129 Å². The number of nitrogens with one attached hydrogen (secondary N) is 1. The van der Waals surface area contributed by atoms with Gasteiger partial charge in [-0.25, -0.2) is 4.39 Å². The quantitative estimate of drug-likeness (QED) is 0.855. The summed E-state index contributed by atoms with van der Waals surface area (Å²) in [6.45, 7) is 2.06. The average Bonchev–Trinajstić information content (AvgIpc) is 2.54. The van der Waals surface area contributed by atoms with E-state index in [4.69, 9.17) is 4.74 Å². The maximum absolute atomic E-state index is 13.3. The Morgan fingerprint density at radius 2 is 2.05 bits per heavy atom. The van der Waals surface area contributed by atoms with Crippen molar-refractivity contribution in [1.29, 1.82) is 0 Å². The van der Waals surface area contributed by atoms with E-state index in [1.54, 1.807) is 0 Å². The maximum Gasteiger partial charge on any atom is 0.258 e. The molecule has 0 saturated carbocycles. The van der Waals surface area contributed by atoms with E-state index in [9.17, 15) is 9.18 Å². The molecule has 0 aliphatic rings. The largest absolute Gasteiger partial charge is 0.484 e. The lowest BCUT2D eigenvalue weighted by Crippen LogP contribution is -2.29. The first-order valence-corrected chi connectivity index (χ1v) is 7.27. The monoisotopic (exact) mass is 302 g/mol. The topological polar surface area (TPSA) is 51.2 Å². The molecule has 2 aromatic rings. The highest BCUT2D eigenvalue weighted by molar-refractivity contribution is 5.77. The van der Waals surface area contributed by atoms with Crippen molar-refractivity contribution < 1.29 is 13.9 Å². The van der Waals surface area contributed by atoms with Gasteiger partial charge < -0.3 is 10.1 Å².